The highest BCUT2D eigenvalue weighted by Gasteiger charge is 2.18. The van der Waals surface area contributed by atoms with E-state index in [2.05, 4.69) is 36.5 Å². The number of thiazole rings is 1. The zero-order chi connectivity index (χ0) is 20.2. The van der Waals surface area contributed by atoms with Crippen LogP contribution in [0.5, 0.6) is 5.75 Å². The number of nitrogens with one attached hydrogen (secondary N) is 1. The minimum absolute atomic E-state index is 0.244. The van der Waals surface area contributed by atoms with E-state index >= 15 is 0 Å². The van der Waals surface area contributed by atoms with Crippen molar-refractivity contribution in [2.75, 3.05) is 12.4 Å². The van der Waals surface area contributed by atoms with Crippen LogP contribution in [-0.2, 0) is 0 Å². The van der Waals surface area contributed by atoms with E-state index < -0.39 is 0 Å². The molecular formula is C24H20N2O2S. The molecule has 0 atom stereocenters. The van der Waals surface area contributed by atoms with Gasteiger partial charge in [-0.15, -0.1) is 0 Å². The van der Waals surface area contributed by atoms with Crippen molar-refractivity contribution < 1.29 is 9.53 Å². The molecule has 0 radical (unpaired) electrons. The fourth-order valence-corrected chi connectivity index (χ4v) is 4.05. The molecule has 144 valence electrons. The third-order valence-electron chi connectivity index (χ3n) is 4.56. The first kappa shape index (κ1) is 18.9. The second-order valence-corrected chi connectivity index (χ2v) is 7.58. The van der Waals surface area contributed by atoms with Gasteiger partial charge in [0, 0.05) is 5.56 Å². The lowest BCUT2D eigenvalue weighted by Gasteiger charge is -2.07. The topological polar surface area (TPSA) is 51.2 Å². The molecular weight excluding hydrogens is 380 g/mol. The van der Waals surface area contributed by atoms with Gasteiger partial charge in [0.1, 0.15) is 5.75 Å². The van der Waals surface area contributed by atoms with Crippen LogP contribution in [0.15, 0.2) is 78.9 Å². The maximum Gasteiger partial charge on any atom is 0.261 e. The molecule has 0 bridgehead atoms. The maximum atomic E-state index is 12.8. The number of benzene rings is 3. The summed E-state index contributed by atoms with van der Waals surface area (Å²) in [5.74, 6) is 0.287. The van der Waals surface area contributed by atoms with Crippen LogP contribution in [0.25, 0.3) is 21.7 Å². The molecule has 4 aromatic rings. The van der Waals surface area contributed by atoms with E-state index in [0.717, 1.165) is 21.7 Å². The molecule has 0 aliphatic rings. The molecule has 0 aliphatic heterocycles. The van der Waals surface area contributed by atoms with Gasteiger partial charge >= 0.3 is 0 Å². The fourth-order valence-electron chi connectivity index (χ4n) is 3.06. The van der Waals surface area contributed by atoms with Crippen LogP contribution >= 0.6 is 11.3 Å². The van der Waals surface area contributed by atoms with E-state index in [1.165, 1.54) is 16.9 Å². The summed E-state index contributed by atoms with van der Waals surface area (Å²) in [4.78, 5) is 18.6. The fraction of sp³-hybridized carbons (Fsp3) is 0.0833. The average Bonchev–Trinajstić information content (AvgIpc) is 3.18. The molecule has 0 saturated carbocycles. The molecule has 0 aliphatic carbocycles. The van der Waals surface area contributed by atoms with Gasteiger partial charge in [0.05, 0.1) is 23.2 Å². The highest BCUT2D eigenvalue weighted by molar-refractivity contribution is 7.19. The number of hydrogen-bond acceptors (Lipinski definition) is 4. The number of nitrogens with zero attached hydrogens (tertiary/aromatic N) is 1. The predicted molar refractivity (Wildman–Crippen MR) is 119 cm³/mol. The Labute approximate surface area is 173 Å². The van der Waals surface area contributed by atoms with Crippen molar-refractivity contribution in [1.29, 1.82) is 0 Å². The van der Waals surface area contributed by atoms with Gasteiger partial charge in [0.25, 0.3) is 5.91 Å². The summed E-state index contributed by atoms with van der Waals surface area (Å²) in [6, 6.07) is 25.5. The molecule has 1 amide bonds. The number of aromatic nitrogens is 1. The standard InChI is InChI=1S/C24H20N2O2S/c1-16-12-14-18(15-13-16)22-21(17-8-4-3-5-9-17)25-24(29-22)26-23(27)19-10-6-7-11-20(19)28-2/h3-15H,1-2H3,(H,25,26,27). The highest BCUT2D eigenvalue weighted by atomic mass is 32.1. The van der Waals surface area contributed by atoms with Crippen LogP contribution in [0.1, 0.15) is 15.9 Å². The molecule has 4 nitrogen and oxygen atoms in total. The van der Waals surface area contributed by atoms with Crippen LogP contribution in [0.2, 0.25) is 0 Å². The highest BCUT2D eigenvalue weighted by Crippen LogP contribution is 2.39. The monoisotopic (exact) mass is 400 g/mol. The molecule has 3 aromatic carbocycles. The minimum Gasteiger partial charge on any atom is -0.496 e. The number of carbonyl (C=O) groups is 1. The van der Waals surface area contributed by atoms with Gasteiger partial charge in [-0.2, -0.15) is 0 Å². The lowest BCUT2D eigenvalue weighted by molar-refractivity contribution is 0.102. The number of rotatable bonds is 5. The summed E-state index contributed by atoms with van der Waals surface area (Å²) < 4.78 is 5.31. The smallest absolute Gasteiger partial charge is 0.261 e. The molecule has 5 heteroatoms. The normalized spacial score (nSPS) is 10.6. The lowest BCUT2D eigenvalue weighted by Crippen LogP contribution is -2.12. The molecule has 1 aromatic heterocycles. The lowest BCUT2D eigenvalue weighted by atomic mass is 10.1. The van der Waals surface area contributed by atoms with Gasteiger partial charge in [0.2, 0.25) is 0 Å². The molecule has 1 heterocycles. The van der Waals surface area contributed by atoms with Crippen LogP contribution < -0.4 is 10.1 Å². The largest absolute Gasteiger partial charge is 0.496 e. The molecule has 0 fully saturated rings. The number of hydrogen-bond donors (Lipinski definition) is 1. The van der Waals surface area contributed by atoms with Gasteiger partial charge in [-0.3, -0.25) is 10.1 Å². The van der Waals surface area contributed by atoms with Gasteiger partial charge in [0.15, 0.2) is 5.13 Å². The molecule has 0 unspecified atom stereocenters. The Balaban J connectivity index is 1.73. The van der Waals surface area contributed by atoms with Gasteiger partial charge < -0.3 is 4.74 Å². The predicted octanol–water partition coefficient (Wildman–Crippen LogP) is 6.05. The van der Waals surface area contributed by atoms with Crippen molar-refractivity contribution in [1.82, 2.24) is 4.98 Å². The van der Waals surface area contributed by atoms with Gasteiger partial charge in [-0.05, 0) is 24.6 Å². The van der Waals surface area contributed by atoms with Gasteiger partial charge in [-0.25, -0.2) is 4.98 Å². The quantitative estimate of drug-likeness (QED) is 0.444. The number of amides is 1. The maximum absolute atomic E-state index is 12.8. The van der Waals surface area contributed by atoms with Crippen molar-refractivity contribution >= 4 is 22.4 Å². The van der Waals surface area contributed by atoms with E-state index in [1.807, 2.05) is 42.5 Å². The van der Waals surface area contributed by atoms with Gasteiger partial charge in [-0.1, -0.05) is 83.6 Å². The van der Waals surface area contributed by atoms with E-state index in [-0.39, 0.29) is 5.91 Å². The van der Waals surface area contributed by atoms with Crippen molar-refractivity contribution in [2.24, 2.45) is 0 Å². The summed E-state index contributed by atoms with van der Waals surface area (Å²) in [6.45, 7) is 2.06. The zero-order valence-corrected chi connectivity index (χ0v) is 17.0. The summed E-state index contributed by atoms with van der Waals surface area (Å²) >= 11 is 1.47. The Morgan fingerprint density at radius 3 is 2.31 bits per heavy atom. The van der Waals surface area contributed by atoms with E-state index in [4.69, 9.17) is 9.72 Å². The summed E-state index contributed by atoms with van der Waals surface area (Å²) in [5.41, 5.74) is 4.62. The number of para-hydroxylation sites is 1. The Bertz CT molecular complexity index is 1140. The Hall–Kier alpha value is -3.44. The third-order valence-corrected chi connectivity index (χ3v) is 5.58. The zero-order valence-electron chi connectivity index (χ0n) is 16.2. The first-order valence-corrected chi connectivity index (χ1v) is 10.0. The minimum atomic E-state index is -0.244. The number of ether oxygens (including phenoxy) is 1. The Morgan fingerprint density at radius 2 is 1.59 bits per heavy atom. The Morgan fingerprint density at radius 1 is 0.897 bits per heavy atom. The summed E-state index contributed by atoms with van der Waals surface area (Å²) in [7, 11) is 1.55. The second-order valence-electron chi connectivity index (χ2n) is 6.58. The molecule has 0 spiro atoms. The number of methoxy groups -OCH3 is 1. The van der Waals surface area contributed by atoms with E-state index in [9.17, 15) is 4.79 Å². The number of carbonyl (C=O) groups excluding carboxylic acids is 1. The molecule has 0 saturated heterocycles. The van der Waals surface area contributed by atoms with Crippen molar-refractivity contribution in [3.05, 3.63) is 90.0 Å². The van der Waals surface area contributed by atoms with E-state index in [0.29, 0.717) is 16.4 Å². The van der Waals surface area contributed by atoms with Crippen molar-refractivity contribution in [3.8, 4) is 27.4 Å². The van der Waals surface area contributed by atoms with Crippen LogP contribution in [0.4, 0.5) is 5.13 Å². The first-order valence-electron chi connectivity index (χ1n) is 9.23. The Kier molecular flexibility index (Phi) is 5.40. The SMILES string of the molecule is COc1ccccc1C(=O)Nc1nc(-c2ccccc2)c(-c2ccc(C)cc2)s1. The molecule has 4 rings (SSSR count). The summed E-state index contributed by atoms with van der Waals surface area (Å²) in [6.07, 6.45) is 0. The molecule has 29 heavy (non-hydrogen) atoms. The van der Waals surface area contributed by atoms with Crippen LogP contribution in [0, 0.1) is 6.92 Å². The van der Waals surface area contributed by atoms with E-state index in [1.54, 1.807) is 19.2 Å². The first-order chi connectivity index (χ1) is 14.2. The number of aryl methyl sites for hydroxylation is 1. The second kappa shape index (κ2) is 8.29. The number of anilines is 1. The van der Waals surface area contributed by atoms with Crippen LogP contribution in [-0.4, -0.2) is 18.0 Å². The average molecular weight is 401 g/mol. The van der Waals surface area contributed by atoms with Crippen molar-refractivity contribution in [3.63, 3.8) is 0 Å². The van der Waals surface area contributed by atoms with Crippen molar-refractivity contribution in [2.45, 2.75) is 6.92 Å². The molecule has 1 N–H and O–H groups in total. The van der Waals surface area contributed by atoms with Crippen LogP contribution in [0.3, 0.4) is 0 Å². The summed E-state index contributed by atoms with van der Waals surface area (Å²) in [5, 5.41) is 3.48. The third kappa shape index (κ3) is 4.05.